The van der Waals surface area contributed by atoms with Gasteiger partial charge in [-0.25, -0.2) is 0 Å². The van der Waals surface area contributed by atoms with Gasteiger partial charge in [0, 0.05) is 31.7 Å². The minimum Gasteiger partial charge on any atom is -0.311 e. The smallest absolute Gasteiger partial charge is 0.0195 e. The van der Waals surface area contributed by atoms with Gasteiger partial charge in [0.2, 0.25) is 0 Å². The van der Waals surface area contributed by atoms with E-state index in [-0.39, 0.29) is 0 Å². The zero-order valence-corrected chi connectivity index (χ0v) is 11.3. The van der Waals surface area contributed by atoms with Crippen molar-refractivity contribution in [1.82, 2.24) is 10.2 Å². The predicted molar refractivity (Wildman–Crippen MR) is 69.7 cm³/mol. The molecular formula is C14H28N2. The van der Waals surface area contributed by atoms with Crippen LogP contribution in [-0.2, 0) is 0 Å². The van der Waals surface area contributed by atoms with Crippen molar-refractivity contribution in [2.75, 3.05) is 19.6 Å². The van der Waals surface area contributed by atoms with Crippen molar-refractivity contribution in [1.29, 1.82) is 0 Å². The van der Waals surface area contributed by atoms with Gasteiger partial charge in [0.15, 0.2) is 0 Å². The summed E-state index contributed by atoms with van der Waals surface area (Å²) in [6.07, 6.45) is 6.89. The van der Waals surface area contributed by atoms with Crippen molar-refractivity contribution in [3.05, 3.63) is 0 Å². The summed E-state index contributed by atoms with van der Waals surface area (Å²) in [4.78, 5) is 2.76. The Labute approximate surface area is 101 Å². The van der Waals surface area contributed by atoms with Crippen molar-refractivity contribution in [2.45, 2.75) is 65.0 Å². The van der Waals surface area contributed by atoms with Crippen LogP contribution < -0.4 is 5.32 Å². The lowest BCUT2D eigenvalue weighted by Crippen LogP contribution is -2.53. The molecule has 1 aliphatic carbocycles. The monoisotopic (exact) mass is 224 g/mol. The zero-order valence-electron chi connectivity index (χ0n) is 11.3. The fourth-order valence-electron chi connectivity index (χ4n) is 3.44. The van der Waals surface area contributed by atoms with E-state index in [1.165, 1.54) is 51.7 Å². The van der Waals surface area contributed by atoms with E-state index < -0.39 is 0 Å². The van der Waals surface area contributed by atoms with E-state index in [0.717, 1.165) is 12.1 Å². The highest BCUT2D eigenvalue weighted by atomic mass is 15.2. The van der Waals surface area contributed by atoms with Crippen molar-refractivity contribution in [3.8, 4) is 0 Å². The van der Waals surface area contributed by atoms with Gasteiger partial charge in [-0.3, -0.25) is 4.90 Å². The summed E-state index contributed by atoms with van der Waals surface area (Å²) < 4.78 is 0. The maximum Gasteiger partial charge on any atom is 0.0195 e. The van der Waals surface area contributed by atoms with E-state index >= 15 is 0 Å². The fourth-order valence-corrected chi connectivity index (χ4v) is 3.44. The molecule has 0 amide bonds. The first-order valence-electron chi connectivity index (χ1n) is 7.08. The van der Waals surface area contributed by atoms with Gasteiger partial charge in [-0.2, -0.15) is 0 Å². The molecule has 2 heteroatoms. The molecule has 2 aliphatic rings. The summed E-state index contributed by atoms with van der Waals surface area (Å²) >= 11 is 0. The Bertz CT molecular complexity index is 223. The Morgan fingerprint density at radius 2 is 2.19 bits per heavy atom. The van der Waals surface area contributed by atoms with Gasteiger partial charge in [0.25, 0.3) is 0 Å². The first-order chi connectivity index (χ1) is 7.61. The topological polar surface area (TPSA) is 15.3 Å². The van der Waals surface area contributed by atoms with Crippen molar-refractivity contribution in [2.24, 2.45) is 5.41 Å². The second kappa shape index (κ2) is 5.05. The number of hydrogen-bond acceptors (Lipinski definition) is 2. The summed E-state index contributed by atoms with van der Waals surface area (Å²) in [6, 6.07) is 1.62. The minimum absolute atomic E-state index is 0.593. The van der Waals surface area contributed by atoms with Crippen molar-refractivity contribution >= 4 is 0 Å². The maximum atomic E-state index is 3.65. The molecule has 2 fully saturated rings. The molecule has 0 aromatic rings. The first-order valence-corrected chi connectivity index (χ1v) is 7.08. The molecule has 2 atom stereocenters. The fraction of sp³-hybridized carbons (Fsp3) is 1.00. The third kappa shape index (κ3) is 2.98. The molecule has 1 saturated heterocycles. The van der Waals surface area contributed by atoms with Crippen LogP contribution in [0.4, 0.5) is 0 Å². The van der Waals surface area contributed by atoms with Crippen LogP contribution in [0, 0.1) is 5.41 Å². The summed E-state index contributed by atoms with van der Waals surface area (Å²) in [5.74, 6) is 0. The average molecular weight is 224 g/mol. The Balaban J connectivity index is 1.85. The van der Waals surface area contributed by atoms with Crippen LogP contribution in [0.3, 0.4) is 0 Å². The zero-order chi connectivity index (χ0) is 11.6. The predicted octanol–water partition coefficient (Wildman–Crippen LogP) is 2.64. The third-order valence-electron chi connectivity index (χ3n) is 4.38. The Hall–Kier alpha value is -0.0800. The number of nitrogens with one attached hydrogen (secondary N) is 1. The van der Waals surface area contributed by atoms with Crippen LogP contribution in [-0.4, -0.2) is 36.6 Å². The van der Waals surface area contributed by atoms with Crippen LogP contribution in [0.25, 0.3) is 0 Å². The SMILES string of the molecule is CCCC1CN(C2CCC(C)(C)C2)CCN1. The lowest BCUT2D eigenvalue weighted by molar-refractivity contribution is 0.134. The van der Waals surface area contributed by atoms with Gasteiger partial charge >= 0.3 is 0 Å². The van der Waals surface area contributed by atoms with Gasteiger partial charge < -0.3 is 5.32 Å². The van der Waals surface area contributed by atoms with E-state index in [0.29, 0.717) is 5.41 Å². The Kier molecular flexibility index (Phi) is 3.91. The van der Waals surface area contributed by atoms with Gasteiger partial charge in [0.05, 0.1) is 0 Å². The van der Waals surface area contributed by atoms with E-state index in [4.69, 9.17) is 0 Å². The summed E-state index contributed by atoms with van der Waals surface area (Å²) in [6.45, 7) is 10.9. The number of nitrogens with zero attached hydrogens (tertiary/aromatic N) is 1. The van der Waals surface area contributed by atoms with Crippen LogP contribution >= 0.6 is 0 Å². The van der Waals surface area contributed by atoms with Crippen LogP contribution in [0.2, 0.25) is 0 Å². The molecule has 16 heavy (non-hydrogen) atoms. The molecule has 0 spiro atoms. The summed E-state index contributed by atoms with van der Waals surface area (Å²) in [7, 11) is 0. The Morgan fingerprint density at radius 1 is 1.38 bits per heavy atom. The van der Waals surface area contributed by atoms with E-state index in [1.807, 2.05) is 0 Å². The van der Waals surface area contributed by atoms with Gasteiger partial charge in [0.1, 0.15) is 0 Å². The van der Waals surface area contributed by atoms with Crippen LogP contribution in [0.1, 0.15) is 52.9 Å². The minimum atomic E-state index is 0.593. The van der Waals surface area contributed by atoms with Crippen LogP contribution in [0.5, 0.6) is 0 Å². The van der Waals surface area contributed by atoms with Gasteiger partial charge in [-0.15, -0.1) is 0 Å². The molecule has 2 unspecified atom stereocenters. The molecule has 0 radical (unpaired) electrons. The molecule has 2 rings (SSSR count). The number of piperazine rings is 1. The lowest BCUT2D eigenvalue weighted by Gasteiger charge is -2.38. The van der Waals surface area contributed by atoms with Gasteiger partial charge in [-0.1, -0.05) is 27.2 Å². The average Bonchev–Trinajstić information content (AvgIpc) is 2.60. The third-order valence-corrected chi connectivity index (χ3v) is 4.38. The van der Waals surface area contributed by atoms with Crippen molar-refractivity contribution in [3.63, 3.8) is 0 Å². The van der Waals surface area contributed by atoms with E-state index in [9.17, 15) is 0 Å². The quantitative estimate of drug-likeness (QED) is 0.793. The molecule has 1 heterocycles. The van der Waals surface area contributed by atoms with E-state index in [1.54, 1.807) is 0 Å². The second-order valence-electron chi connectivity index (χ2n) is 6.50. The molecular weight excluding hydrogens is 196 g/mol. The normalized spacial score (nSPS) is 35.4. The largest absolute Gasteiger partial charge is 0.311 e. The molecule has 0 bridgehead atoms. The lowest BCUT2D eigenvalue weighted by atomic mass is 9.91. The van der Waals surface area contributed by atoms with Crippen molar-refractivity contribution < 1.29 is 0 Å². The molecule has 94 valence electrons. The van der Waals surface area contributed by atoms with E-state index in [2.05, 4.69) is 31.0 Å². The molecule has 0 aromatic carbocycles. The molecule has 1 N–H and O–H groups in total. The molecule has 1 aliphatic heterocycles. The number of rotatable bonds is 3. The Morgan fingerprint density at radius 3 is 2.81 bits per heavy atom. The molecule has 0 aromatic heterocycles. The number of hydrogen-bond donors (Lipinski definition) is 1. The highest BCUT2D eigenvalue weighted by Gasteiger charge is 2.35. The van der Waals surface area contributed by atoms with Gasteiger partial charge in [-0.05, 0) is 31.1 Å². The first kappa shape index (κ1) is 12.4. The molecule has 2 nitrogen and oxygen atoms in total. The summed E-state index contributed by atoms with van der Waals surface area (Å²) in [5, 5.41) is 3.65. The highest BCUT2D eigenvalue weighted by Crippen LogP contribution is 2.39. The van der Waals surface area contributed by atoms with Crippen LogP contribution in [0.15, 0.2) is 0 Å². The second-order valence-corrected chi connectivity index (χ2v) is 6.50. The highest BCUT2D eigenvalue weighted by molar-refractivity contribution is 4.91. The summed E-state index contributed by atoms with van der Waals surface area (Å²) in [5.41, 5.74) is 0.593. The standard InChI is InChI=1S/C14H28N2/c1-4-5-12-11-16(9-8-15-12)13-6-7-14(2,3)10-13/h12-13,15H,4-11H2,1-3H3. The maximum absolute atomic E-state index is 3.65. The molecule has 1 saturated carbocycles.